The number of rotatable bonds is 1. The van der Waals surface area contributed by atoms with Crippen LogP contribution < -0.4 is 0 Å². The van der Waals surface area contributed by atoms with Gasteiger partial charge < -0.3 is 24.1 Å². The van der Waals surface area contributed by atoms with Crippen LogP contribution in [-0.2, 0) is 23.7 Å². The van der Waals surface area contributed by atoms with Gasteiger partial charge in [-0.1, -0.05) is 20.8 Å². The third-order valence-corrected chi connectivity index (χ3v) is 9.10. The van der Waals surface area contributed by atoms with Gasteiger partial charge in [0.05, 0.1) is 6.10 Å². The Bertz CT molecular complexity index is 819. The van der Waals surface area contributed by atoms with E-state index in [1.165, 1.54) is 0 Å². The smallest absolute Gasteiger partial charge is 0.334 e. The van der Waals surface area contributed by atoms with E-state index < -0.39 is 22.9 Å². The topological polar surface area (TPSA) is 84.1 Å². The summed E-state index contributed by atoms with van der Waals surface area (Å²) in [6, 6.07) is 0. The first kappa shape index (κ1) is 15.0. The molecule has 3 saturated heterocycles. The summed E-state index contributed by atoms with van der Waals surface area (Å²) in [6.45, 7) is 6.91. The third-order valence-electron chi connectivity index (χ3n) is 9.10. The molecule has 0 radical (unpaired) electrons. The number of hydrogen-bond acceptors (Lipinski definition) is 6. The molecule has 5 unspecified atom stereocenters. The van der Waals surface area contributed by atoms with Gasteiger partial charge in [-0.2, -0.15) is 0 Å². The van der Waals surface area contributed by atoms with E-state index in [4.69, 9.17) is 18.9 Å². The zero-order chi connectivity index (χ0) is 17.9. The predicted molar refractivity (Wildman–Crippen MR) is 87.1 cm³/mol. The van der Waals surface area contributed by atoms with Gasteiger partial charge in [0, 0.05) is 11.0 Å². The molecule has 7 aliphatic rings. The SMILES string of the molecule is CC(C)[C@]12OC1C1O[C@]13[C@]1(OC1CC1C4=C(CC[C@@]13C)C(=O)OC4)C2O. The van der Waals surface area contributed by atoms with Crippen molar-refractivity contribution in [2.24, 2.45) is 17.3 Å². The number of aliphatic hydroxyl groups is 1. The Labute approximate surface area is 151 Å². The minimum atomic E-state index is -0.654. The number of carbonyl (C=O) groups is 1. The fourth-order valence-electron chi connectivity index (χ4n) is 7.70. The highest BCUT2D eigenvalue weighted by Crippen LogP contribution is 2.82. The van der Waals surface area contributed by atoms with Gasteiger partial charge in [-0.3, -0.25) is 0 Å². The monoisotopic (exact) mass is 360 g/mol. The molecule has 140 valence electrons. The van der Waals surface area contributed by atoms with Gasteiger partial charge >= 0.3 is 5.97 Å². The summed E-state index contributed by atoms with van der Waals surface area (Å²) in [5.41, 5.74) is 0.230. The second-order valence-corrected chi connectivity index (χ2v) is 9.91. The average molecular weight is 360 g/mol. The molecule has 0 aromatic rings. The summed E-state index contributed by atoms with van der Waals surface area (Å²) in [5, 5.41) is 11.4. The zero-order valence-electron chi connectivity index (χ0n) is 15.3. The van der Waals surface area contributed by atoms with Crippen LogP contribution in [0.5, 0.6) is 0 Å². The number of epoxide rings is 3. The second-order valence-electron chi connectivity index (χ2n) is 9.91. The molecule has 7 rings (SSSR count). The number of ether oxygens (including phenoxy) is 4. The molecule has 0 aromatic carbocycles. The van der Waals surface area contributed by atoms with Crippen molar-refractivity contribution in [1.29, 1.82) is 0 Å². The van der Waals surface area contributed by atoms with Crippen molar-refractivity contribution in [3.63, 3.8) is 0 Å². The maximum absolute atomic E-state index is 12.1. The summed E-state index contributed by atoms with van der Waals surface area (Å²) in [6.07, 6.45) is 1.71. The van der Waals surface area contributed by atoms with Crippen LogP contribution >= 0.6 is 0 Å². The molecular formula is C20H24O6. The molecule has 6 nitrogen and oxygen atoms in total. The van der Waals surface area contributed by atoms with Crippen molar-refractivity contribution in [2.45, 2.75) is 81.3 Å². The van der Waals surface area contributed by atoms with Gasteiger partial charge in [0.15, 0.2) is 5.60 Å². The molecule has 5 fully saturated rings. The standard InChI is InChI=1S/C20H24O6/c1-8(2)18-13(25-18)14-20(26-14)17(3)5-4-9-10(7-23-15(9)21)11(17)6-12-19(20,24-12)16(18)22/h8,11-14,16,22H,4-7H2,1-3H3/t11?,12?,13?,14?,16?,17-,18-,19+,20+/m0/s1. The fourth-order valence-corrected chi connectivity index (χ4v) is 7.70. The Hall–Kier alpha value is -0.950. The molecule has 4 heterocycles. The van der Waals surface area contributed by atoms with Crippen LogP contribution in [0.15, 0.2) is 11.1 Å². The Balaban J connectivity index is 1.39. The Morgan fingerprint density at radius 1 is 1.19 bits per heavy atom. The van der Waals surface area contributed by atoms with E-state index in [0.29, 0.717) is 6.61 Å². The highest BCUT2D eigenvalue weighted by molar-refractivity contribution is 5.92. The van der Waals surface area contributed by atoms with Gasteiger partial charge in [0.2, 0.25) is 0 Å². The van der Waals surface area contributed by atoms with E-state index in [2.05, 4.69) is 20.8 Å². The van der Waals surface area contributed by atoms with Crippen LogP contribution in [0.4, 0.5) is 0 Å². The van der Waals surface area contributed by atoms with Crippen LogP contribution in [0, 0.1) is 17.3 Å². The van der Waals surface area contributed by atoms with E-state index in [0.717, 1.165) is 30.4 Å². The van der Waals surface area contributed by atoms with Gasteiger partial charge in [-0.25, -0.2) is 4.79 Å². The predicted octanol–water partition coefficient (Wildman–Crippen LogP) is 1.10. The first-order valence-corrected chi connectivity index (χ1v) is 9.95. The summed E-state index contributed by atoms with van der Waals surface area (Å²) < 4.78 is 24.3. The quantitative estimate of drug-likeness (QED) is 0.557. The highest BCUT2D eigenvalue weighted by atomic mass is 16.7. The van der Waals surface area contributed by atoms with Crippen molar-refractivity contribution in [3.8, 4) is 0 Å². The summed E-state index contributed by atoms with van der Waals surface area (Å²) >= 11 is 0. The van der Waals surface area contributed by atoms with Gasteiger partial charge in [0.1, 0.15) is 36.1 Å². The van der Waals surface area contributed by atoms with E-state index in [9.17, 15) is 9.90 Å². The molecule has 3 aliphatic carbocycles. The fraction of sp³-hybridized carbons (Fsp3) is 0.850. The Kier molecular flexibility index (Phi) is 2.19. The summed E-state index contributed by atoms with van der Waals surface area (Å²) in [4.78, 5) is 12.1. The zero-order valence-corrected chi connectivity index (χ0v) is 15.3. The lowest BCUT2D eigenvalue weighted by atomic mass is 9.46. The van der Waals surface area contributed by atoms with Crippen molar-refractivity contribution in [3.05, 3.63) is 11.1 Å². The van der Waals surface area contributed by atoms with E-state index >= 15 is 0 Å². The van der Waals surface area contributed by atoms with Gasteiger partial charge in [-0.05, 0) is 36.7 Å². The molecule has 0 bridgehead atoms. The van der Waals surface area contributed by atoms with Gasteiger partial charge in [0.25, 0.3) is 0 Å². The van der Waals surface area contributed by atoms with Crippen molar-refractivity contribution < 1.29 is 28.8 Å². The first-order chi connectivity index (χ1) is 12.3. The number of hydrogen-bond donors (Lipinski definition) is 1. The van der Waals surface area contributed by atoms with Crippen LogP contribution in [-0.4, -0.2) is 58.9 Å². The first-order valence-electron chi connectivity index (χ1n) is 9.95. The maximum Gasteiger partial charge on any atom is 0.334 e. The maximum atomic E-state index is 12.1. The van der Waals surface area contributed by atoms with E-state index in [-0.39, 0.29) is 41.5 Å². The van der Waals surface area contributed by atoms with Crippen LogP contribution in [0.25, 0.3) is 0 Å². The highest BCUT2D eigenvalue weighted by Gasteiger charge is 3.00. The average Bonchev–Trinajstić information content (AvgIpc) is 3.47. The molecule has 9 atom stereocenters. The number of fused-ring (bicyclic) bond motifs is 4. The molecular weight excluding hydrogens is 336 g/mol. The number of carbonyl (C=O) groups excluding carboxylic acids is 1. The lowest BCUT2D eigenvalue weighted by Gasteiger charge is -2.53. The number of cyclic esters (lactones) is 1. The molecule has 2 spiro atoms. The van der Waals surface area contributed by atoms with Gasteiger partial charge in [-0.15, -0.1) is 0 Å². The minimum Gasteiger partial charge on any atom is -0.458 e. The number of aliphatic hydroxyl groups excluding tert-OH is 1. The molecule has 6 heteroatoms. The van der Waals surface area contributed by atoms with E-state index in [1.807, 2.05) is 0 Å². The van der Waals surface area contributed by atoms with Crippen LogP contribution in [0.2, 0.25) is 0 Å². The van der Waals surface area contributed by atoms with Crippen molar-refractivity contribution in [2.75, 3.05) is 6.61 Å². The molecule has 0 amide bonds. The molecule has 4 aliphatic heterocycles. The second kappa shape index (κ2) is 3.79. The van der Waals surface area contributed by atoms with Crippen LogP contribution in [0.1, 0.15) is 40.0 Å². The van der Waals surface area contributed by atoms with E-state index in [1.54, 1.807) is 0 Å². The summed E-state index contributed by atoms with van der Waals surface area (Å²) in [5.74, 6) is 0.297. The third kappa shape index (κ3) is 1.14. The summed E-state index contributed by atoms with van der Waals surface area (Å²) in [7, 11) is 0. The normalized spacial score (nSPS) is 63.1. The Morgan fingerprint density at radius 2 is 2.00 bits per heavy atom. The molecule has 1 N–H and O–H groups in total. The molecule has 0 aromatic heterocycles. The largest absolute Gasteiger partial charge is 0.458 e. The molecule has 26 heavy (non-hydrogen) atoms. The lowest BCUT2D eigenvalue weighted by molar-refractivity contribution is -0.136. The van der Waals surface area contributed by atoms with Crippen molar-refractivity contribution >= 4 is 5.97 Å². The lowest BCUT2D eigenvalue weighted by Crippen LogP contribution is -2.69. The molecule has 2 saturated carbocycles. The van der Waals surface area contributed by atoms with Crippen molar-refractivity contribution in [1.82, 2.24) is 0 Å². The number of esters is 1. The van der Waals surface area contributed by atoms with Crippen LogP contribution in [0.3, 0.4) is 0 Å². The minimum absolute atomic E-state index is 0.00808. The Morgan fingerprint density at radius 3 is 2.77 bits per heavy atom.